The summed E-state index contributed by atoms with van der Waals surface area (Å²) in [7, 11) is 1.41. The first-order valence-electron chi connectivity index (χ1n) is 5.26. The number of nitrogens with two attached hydrogens (primary N) is 1. The van der Waals surface area contributed by atoms with E-state index in [1.54, 1.807) is 0 Å². The molecule has 1 unspecified atom stereocenters. The van der Waals surface area contributed by atoms with Gasteiger partial charge < -0.3 is 11.1 Å². The van der Waals surface area contributed by atoms with Crippen LogP contribution in [-0.4, -0.2) is 13.6 Å². The van der Waals surface area contributed by atoms with Gasteiger partial charge in [0.15, 0.2) is 0 Å². The number of rotatable bonds is 3. The Morgan fingerprint density at radius 1 is 1.00 bits per heavy atom. The molecule has 3 N–H and O–H groups in total. The molecular formula is C11H12F6N2. The molecule has 0 saturated carbocycles. The van der Waals surface area contributed by atoms with Gasteiger partial charge in [-0.25, -0.2) is 0 Å². The van der Waals surface area contributed by atoms with Crippen molar-refractivity contribution < 1.29 is 26.3 Å². The zero-order valence-electron chi connectivity index (χ0n) is 9.86. The average molecular weight is 286 g/mol. The number of hydrogen-bond acceptors (Lipinski definition) is 2. The zero-order valence-corrected chi connectivity index (χ0v) is 9.86. The molecule has 0 radical (unpaired) electrons. The molecule has 0 heterocycles. The van der Waals surface area contributed by atoms with Crippen LogP contribution in [0.2, 0.25) is 0 Å². The quantitative estimate of drug-likeness (QED) is 0.838. The highest BCUT2D eigenvalue weighted by Gasteiger charge is 2.37. The molecule has 0 spiro atoms. The van der Waals surface area contributed by atoms with Gasteiger partial charge in [0.05, 0.1) is 11.1 Å². The maximum Gasteiger partial charge on any atom is 0.416 e. The Morgan fingerprint density at radius 3 is 1.68 bits per heavy atom. The topological polar surface area (TPSA) is 38.0 Å². The molecule has 2 nitrogen and oxygen atoms in total. The van der Waals surface area contributed by atoms with Crippen LogP contribution in [0.25, 0.3) is 0 Å². The summed E-state index contributed by atoms with van der Waals surface area (Å²) in [5.41, 5.74) is 2.48. The average Bonchev–Trinajstić information content (AvgIpc) is 2.28. The van der Waals surface area contributed by atoms with Crippen LogP contribution in [0.4, 0.5) is 26.3 Å². The van der Waals surface area contributed by atoms with Crippen molar-refractivity contribution in [3.05, 3.63) is 34.9 Å². The highest BCUT2D eigenvalue weighted by atomic mass is 19.4. The fourth-order valence-electron chi connectivity index (χ4n) is 1.60. The Balaban J connectivity index is 3.41. The predicted octanol–water partition coefficient (Wildman–Crippen LogP) is 2.94. The molecule has 0 aliphatic rings. The summed E-state index contributed by atoms with van der Waals surface area (Å²) in [6.45, 7) is -0.116. The summed E-state index contributed by atoms with van der Waals surface area (Å²) in [6, 6.07) is 0.655. The zero-order chi connectivity index (χ0) is 14.8. The molecule has 0 aromatic heterocycles. The standard InChI is InChI=1S/C11H12F6N2/c1-19-9(5-18)6-2-7(10(12,13)14)4-8(3-6)11(15,16)17/h2-4,9,19H,5,18H2,1H3. The van der Waals surface area contributed by atoms with Crippen LogP contribution >= 0.6 is 0 Å². The number of benzene rings is 1. The lowest BCUT2D eigenvalue weighted by Crippen LogP contribution is -2.26. The van der Waals surface area contributed by atoms with Crippen LogP contribution in [0, 0.1) is 0 Å². The van der Waals surface area contributed by atoms with Gasteiger partial charge in [0.2, 0.25) is 0 Å². The van der Waals surface area contributed by atoms with E-state index in [1.807, 2.05) is 0 Å². The maximum absolute atomic E-state index is 12.6. The summed E-state index contributed by atoms with van der Waals surface area (Å²) in [4.78, 5) is 0. The molecule has 1 rings (SSSR count). The number of nitrogens with one attached hydrogen (secondary N) is 1. The Hall–Kier alpha value is -1.28. The predicted molar refractivity (Wildman–Crippen MR) is 57.3 cm³/mol. The van der Waals surface area contributed by atoms with E-state index in [0.29, 0.717) is 12.1 Å². The van der Waals surface area contributed by atoms with Crippen LogP contribution < -0.4 is 11.1 Å². The molecule has 108 valence electrons. The van der Waals surface area contributed by atoms with E-state index < -0.39 is 29.5 Å². The van der Waals surface area contributed by atoms with Gasteiger partial charge >= 0.3 is 12.4 Å². The molecule has 1 aromatic rings. The van der Waals surface area contributed by atoms with Crippen molar-refractivity contribution in [2.75, 3.05) is 13.6 Å². The molecular weight excluding hydrogens is 274 g/mol. The smallest absolute Gasteiger partial charge is 0.329 e. The minimum atomic E-state index is -4.84. The molecule has 0 aliphatic carbocycles. The van der Waals surface area contributed by atoms with E-state index in [1.165, 1.54) is 7.05 Å². The second kappa shape index (κ2) is 5.38. The van der Waals surface area contributed by atoms with Crippen molar-refractivity contribution in [2.45, 2.75) is 18.4 Å². The fourth-order valence-corrected chi connectivity index (χ4v) is 1.60. The molecule has 1 aromatic carbocycles. The molecule has 1 atom stereocenters. The normalized spacial score (nSPS) is 14.5. The highest BCUT2D eigenvalue weighted by Crippen LogP contribution is 2.37. The van der Waals surface area contributed by atoms with E-state index in [-0.39, 0.29) is 18.2 Å². The first-order chi connectivity index (χ1) is 8.59. The van der Waals surface area contributed by atoms with Crippen LogP contribution in [0.15, 0.2) is 18.2 Å². The summed E-state index contributed by atoms with van der Waals surface area (Å²) in [5.74, 6) is 0. The fraction of sp³-hybridized carbons (Fsp3) is 0.455. The van der Waals surface area contributed by atoms with Crippen molar-refractivity contribution in [2.24, 2.45) is 5.73 Å². The van der Waals surface area contributed by atoms with Crippen molar-refractivity contribution in [1.82, 2.24) is 5.32 Å². The Bertz CT molecular complexity index is 402. The van der Waals surface area contributed by atoms with E-state index in [9.17, 15) is 26.3 Å². The lowest BCUT2D eigenvalue weighted by atomic mass is 9.99. The largest absolute Gasteiger partial charge is 0.416 e. The van der Waals surface area contributed by atoms with Crippen molar-refractivity contribution in [3.8, 4) is 0 Å². The third-order valence-corrected chi connectivity index (χ3v) is 2.60. The minimum absolute atomic E-state index is 0.0900. The van der Waals surface area contributed by atoms with E-state index in [0.717, 1.165) is 0 Å². The van der Waals surface area contributed by atoms with Gasteiger partial charge in [-0.1, -0.05) is 0 Å². The summed E-state index contributed by atoms with van der Waals surface area (Å²) >= 11 is 0. The third-order valence-electron chi connectivity index (χ3n) is 2.60. The van der Waals surface area contributed by atoms with E-state index >= 15 is 0 Å². The van der Waals surface area contributed by atoms with Gasteiger partial charge in [-0.3, -0.25) is 0 Å². The second-order valence-corrected chi connectivity index (χ2v) is 3.92. The SMILES string of the molecule is CNC(CN)c1cc(C(F)(F)F)cc(C(F)(F)F)c1. The van der Waals surface area contributed by atoms with Gasteiger partial charge in [0.25, 0.3) is 0 Å². The minimum Gasteiger partial charge on any atom is -0.329 e. The number of alkyl halides is 6. The lowest BCUT2D eigenvalue weighted by molar-refractivity contribution is -0.143. The van der Waals surface area contributed by atoms with Gasteiger partial charge in [-0.15, -0.1) is 0 Å². The molecule has 0 bridgehead atoms. The van der Waals surface area contributed by atoms with Crippen LogP contribution in [-0.2, 0) is 12.4 Å². The molecule has 0 fully saturated rings. The number of likely N-dealkylation sites (N-methyl/N-ethyl adjacent to an activating group) is 1. The monoisotopic (exact) mass is 286 g/mol. The van der Waals surface area contributed by atoms with Gasteiger partial charge in [0.1, 0.15) is 0 Å². The molecule has 0 aliphatic heterocycles. The highest BCUT2D eigenvalue weighted by molar-refractivity contribution is 5.35. The Morgan fingerprint density at radius 2 is 1.42 bits per heavy atom. The first kappa shape index (κ1) is 15.8. The summed E-state index contributed by atoms with van der Waals surface area (Å²) in [5, 5.41) is 2.57. The van der Waals surface area contributed by atoms with Crippen molar-refractivity contribution >= 4 is 0 Å². The van der Waals surface area contributed by atoms with Gasteiger partial charge in [0, 0.05) is 12.6 Å². The number of hydrogen-bond donors (Lipinski definition) is 2. The van der Waals surface area contributed by atoms with Crippen LogP contribution in [0.5, 0.6) is 0 Å². The maximum atomic E-state index is 12.6. The first-order valence-corrected chi connectivity index (χ1v) is 5.26. The van der Waals surface area contributed by atoms with Gasteiger partial charge in [-0.2, -0.15) is 26.3 Å². The Labute approximate surface area is 105 Å². The van der Waals surface area contributed by atoms with E-state index in [2.05, 4.69) is 5.32 Å². The molecule has 0 saturated heterocycles. The van der Waals surface area contributed by atoms with Crippen LogP contribution in [0.1, 0.15) is 22.7 Å². The Kier molecular flexibility index (Phi) is 4.46. The molecule has 8 heteroatoms. The molecule has 19 heavy (non-hydrogen) atoms. The summed E-state index contributed by atoms with van der Waals surface area (Å²) in [6.07, 6.45) is -9.69. The molecule has 0 amide bonds. The second-order valence-electron chi connectivity index (χ2n) is 3.92. The summed E-state index contributed by atoms with van der Waals surface area (Å²) < 4.78 is 75.5. The van der Waals surface area contributed by atoms with Gasteiger partial charge in [-0.05, 0) is 30.8 Å². The number of halogens is 6. The lowest BCUT2D eigenvalue weighted by Gasteiger charge is -2.19. The van der Waals surface area contributed by atoms with Crippen molar-refractivity contribution in [1.29, 1.82) is 0 Å². The van der Waals surface area contributed by atoms with Crippen LogP contribution in [0.3, 0.4) is 0 Å². The van der Waals surface area contributed by atoms with Crippen molar-refractivity contribution in [3.63, 3.8) is 0 Å². The third kappa shape index (κ3) is 3.84. The van der Waals surface area contributed by atoms with E-state index in [4.69, 9.17) is 5.73 Å².